The van der Waals surface area contributed by atoms with Crippen LogP contribution in [0.25, 0.3) is 0 Å². The maximum absolute atomic E-state index is 11.9. The third-order valence-electron chi connectivity index (χ3n) is 2.61. The zero-order valence-corrected chi connectivity index (χ0v) is 12.1. The average Bonchev–Trinajstić information content (AvgIpc) is 2.69. The lowest BCUT2D eigenvalue weighted by atomic mass is 10.2. The Morgan fingerprint density at radius 3 is 2.82 bits per heavy atom. The van der Waals surface area contributed by atoms with Gasteiger partial charge in [-0.05, 0) is 40.5 Å². The summed E-state index contributed by atoms with van der Waals surface area (Å²) in [6.45, 7) is 0.472. The van der Waals surface area contributed by atoms with E-state index < -0.39 is 6.10 Å². The molecule has 1 fully saturated rings. The van der Waals surface area contributed by atoms with Gasteiger partial charge in [0.1, 0.15) is 0 Å². The molecule has 0 aliphatic carbocycles. The molecule has 1 amide bonds. The van der Waals surface area contributed by atoms with Gasteiger partial charge in [-0.15, -0.1) is 0 Å². The van der Waals surface area contributed by atoms with E-state index in [0.717, 1.165) is 14.6 Å². The van der Waals surface area contributed by atoms with Crippen LogP contribution in [0.1, 0.15) is 6.42 Å². The summed E-state index contributed by atoms with van der Waals surface area (Å²) in [5.74, 6) is -0.121. The number of carbonyl (C=O) groups is 1. The number of carbonyl (C=O) groups excluding carboxylic acids is 1. The molecule has 3 N–H and O–H groups in total. The number of hydrogen-bond donors (Lipinski definition) is 3. The third kappa shape index (κ3) is 3.28. The fourth-order valence-corrected chi connectivity index (χ4v) is 2.87. The SMILES string of the molecule is O=C(Nc1ccc(Br)cc1Br)C1CC(O)CN1. The summed E-state index contributed by atoms with van der Waals surface area (Å²) in [5, 5.41) is 15.1. The van der Waals surface area contributed by atoms with Gasteiger partial charge >= 0.3 is 0 Å². The van der Waals surface area contributed by atoms with Crippen LogP contribution in [-0.2, 0) is 4.79 Å². The zero-order chi connectivity index (χ0) is 12.4. The van der Waals surface area contributed by atoms with Crippen LogP contribution in [0, 0.1) is 0 Å². The standard InChI is InChI=1S/C11H12Br2N2O2/c12-6-1-2-9(8(13)3-6)15-11(17)10-4-7(16)5-14-10/h1-3,7,10,14,16H,4-5H2,(H,15,17). The highest BCUT2D eigenvalue weighted by molar-refractivity contribution is 9.11. The molecule has 92 valence electrons. The van der Waals surface area contributed by atoms with Crippen LogP contribution in [0.15, 0.2) is 27.1 Å². The monoisotopic (exact) mass is 362 g/mol. The Kier molecular flexibility index (Phi) is 4.19. The number of hydrogen-bond acceptors (Lipinski definition) is 3. The second-order valence-corrected chi connectivity index (χ2v) is 5.73. The summed E-state index contributed by atoms with van der Waals surface area (Å²) in [6, 6.07) is 5.22. The minimum absolute atomic E-state index is 0.121. The highest BCUT2D eigenvalue weighted by atomic mass is 79.9. The lowest BCUT2D eigenvalue weighted by Gasteiger charge is -2.12. The van der Waals surface area contributed by atoms with Gasteiger partial charge < -0.3 is 15.7 Å². The molecular weight excluding hydrogens is 352 g/mol. The summed E-state index contributed by atoms with van der Waals surface area (Å²) in [5.41, 5.74) is 0.724. The molecule has 4 nitrogen and oxygen atoms in total. The molecule has 17 heavy (non-hydrogen) atoms. The van der Waals surface area contributed by atoms with Crippen molar-refractivity contribution in [1.29, 1.82) is 0 Å². The van der Waals surface area contributed by atoms with Crippen LogP contribution >= 0.6 is 31.9 Å². The lowest BCUT2D eigenvalue weighted by molar-refractivity contribution is -0.117. The second kappa shape index (κ2) is 5.48. The Labute approximate surface area is 116 Å². The Morgan fingerprint density at radius 2 is 2.24 bits per heavy atom. The van der Waals surface area contributed by atoms with Gasteiger partial charge in [0.05, 0.1) is 17.8 Å². The number of aliphatic hydroxyl groups is 1. The van der Waals surface area contributed by atoms with E-state index in [9.17, 15) is 9.90 Å². The Hall–Kier alpha value is -0.430. The number of benzene rings is 1. The predicted octanol–water partition coefficient (Wildman–Crippen LogP) is 1.87. The van der Waals surface area contributed by atoms with E-state index in [1.54, 1.807) is 0 Å². The molecule has 1 heterocycles. The fourth-order valence-electron chi connectivity index (χ4n) is 1.73. The van der Waals surface area contributed by atoms with Gasteiger partial charge in [-0.3, -0.25) is 4.79 Å². The Bertz CT molecular complexity index is 439. The number of rotatable bonds is 2. The van der Waals surface area contributed by atoms with Crippen molar-refractivity contribution in [3.05, 3.63) is 27.1 Å². The number of β-amino-alcohol motifs (C(OH)–C–C–N with tert-alkyl or cyclic N) is 1. The summed E-state index contributed by atoms with van der Waals surface area (Å²) >= 11 is 6.73. The first-order chi connectivity index (χ1) is 8.06. The minimum Gasteiger partial charge on any atom is -0.392 e. The molecule has 1 aromatic carbocycles. The molecule has 0 saturated carbocycles. The molecular formula is C11H12Br2N2O2. The van der Waals surface area contributed by atoms with Crippen molar-refractivity contribution >= 4 is 43.5 Å². The van der Waals surface area contributed by atoms with Crippen LogP contribution in [0.3, 0.4) is 0 Å². The van der Waals surface area contributed by atoms with E-state index in [1.165, 1.54) is 0 Å². The smallest absolute Gasteiger partial charge is 0.241 e. The Morgan fingerprint density at radius 1 is 1.47 bits per heavy atom. The van der Waals surface area contributed by atoms with E-state index in [2.05, 4.69) is 42.5 Å². The van der Waals surface area contributed by atoms with Crippen molar-refractivity contribution in [2.75, 3.05) is 11.9 Å². The van der Waals surface area contributed by atoms with Gasteiger partial charge in [0.25, 0.3) is 0 Å². The first-order valence-electron chi connectivity index (χ1n) is 5.23. The Balaban J connectivity index is 2.03. The molecule has 0 spiro atoms. The van der Waals surface area contributed by atoms with Crippen molar-refractivity contribution in [3.63, 3.8) is 0 Å². The molecule has 2 rings (SSSR count). The maximum Gasteiger partial charge on any atom is 0.241 e. The van der Waals surface area contributed by atoms with E-state index in [-0.39, 0.29) is 11.9 Å². The third-order valence-corrected chi connectivity index (χ3v) is 3.76. The van der Waals surface area contributed by atoms with E-state index in [0.29, 0.717) is 13.0 Å². The largest absolute Gasteiger partial charge is 0.392 e. The summed E-state index contributed by atoms with van der Waals surface area (Å²) in [4.78, 5) is 11.9. The average molecular weight is 364 g/mol. The molecule has 0 radical (unpaired) electrons. The van der Waals surface area contributed by atoms with Gasteiger partial charge in [0.2, 0.25) is 5.91 Å². The van der Waals surface area contributed by atoms with Crippen molar-refractivity contribution in [2.24, 2.45) is 0 Å². The topological polar surface area (TPSA) is 61.4 Å². The van der Waals surface area contributed by atoms with Crippen molar-refractivity contribution in [2.45, 2.75) is 18.6 Å². The number of nitrogens with one attached hydrogen (secondary N) is 2. The first-order valence-corrected chi connectivity index (χ1v) is 6.82. The molecule has 2 unspecified atom stereocenters. The molecule has 1 aliphatic rings. The molecule has 1 saturated heterocycles. The van der Waals surface area contributed by atoms with Crippen LogP contribution in [0.4, 0.5) is 5.69 Å². The van der Waals surface area contributed by atoms with Crippen molar-refractivity contribution < 1.29 is 9.90 Å². The minimum atomic E-state index is -0.431. The molecule has 2 atom stereocenters. The molecule has 1 aromatic rings. The first kappa shape index (κ1) is 13.0. The van der Waals surface area contributed by atoms with Gasteiger partial charge in [-0.2, -0.15) is 0 Å². The van der Waals surface area contributed by atoms with Crippen molar-refractivity contribution in [1.82, 2.24) is 5.32 Å². The summed E-state index contributed by atoms with van der Waals surface area (Å²) in [6.07, 6.45) is 0.0269. The number of halogens is 2. The van der Waals surface area contributed by atoms with E-state index >= 15 is 0 Å². The molecule has 0 aromatic heterocycles. The van der Waals surface area contributed by atoms with Crippen LogP contribution in [-0.4, -0.2) is 29.7 Å². The number of amides is 1. The van der Waals surface area contributed by atoms with Crippen LogP contribution < -0.4 is 10.6 Å². The normalized spacial score (nSPS) is 23.7. The molecule has 6 heteroatoms. The second-order valence-electron chi connectivity index (χ2n) is 3.96. The van der Waals surface area contributed by atoms with Gasteiger partial charge in [0, 0.05) is 15.5 Å². The number of aliphatic hydroxyl groups excluding tert-OH is 1. The van der Waals surface area contributed by atoms with Crippen LogP contribution in [0.2, 0.25) is 0 Å². The molecule has 0 bridgehead atoms. The summed E-state index contributed by atoms with van der Waals surface area (Å²) in [7, 11) is 0. The van der Waals surface area contributed by atoms with E-state index in [4.69, 9.17) is 0 Å². The fraction of sp³-hybridized carbons (Fsp3) is 0.364. The quantitative estimate of drug-likeness (QED) is 0.751. The van der Waals surface area contributed by atoms with E-state index in [1.807, 2.05) is 18.2 Å². The van der Waals surface area contributed by atoms with Gasteiger partial charge in [-0.1, -0.05) is 15.9 Å². The maximum atomic E-state index is 11.9. The van der Waals surface area contributed by atoms with Gasteiger partial charge in [0.15, 0.2) is 0 Å². The highest BCUT2D eigenvalue weighted by Gasteiger charge is 2.28. The number of anilines is 1. The predicted molar refractivity (Wildman–Crippen MR) is 72.9 cm³/mol. The molecule has 1 aliphatic heterocycles. The van der Waals surface area contributed by atoms with Gasteiger partial charge in [-0.25, -0.2) is 0 Å². The zero-order valence-electron chi connectivity index (χ0n) is 8.91. The van der Waals surface area contributed by atoms with Crippen molar-refractivity contribution in [3.8, 4) is 0 Å². The lowest BCUT2D eigenvalue weighted by Crippen LogP contribution is -2.35. The summed E-state index contributed by atoms with van der Waals surface area (Å²) < 4.78 is 1.76. The highest BCUT2D eigenvalue weighted by Crippen LogP contribution is 2.26. The van der Waals surface area contributed by atoms with Crippen LogP contribution in [0.5, 0.6) is 0 Å².